The number of unbranched alkanes of at least 4 members (excludes halogenated alkanes) is 8. The number of carbonyl (C=O) groups is 1. The summed E-state index contributed by atoms with van der Waals surface area (Å²) in [7, 11) is 0. The summed E-state index contributed by atoms with van der Waals surface area (Å²) in [5.41, 5.74) is 0.440. The zero-order chi connectivity index (χ0) is 16.0. The third kappa shape index (κ3) is 8.83. The van der Waals surface area contributed by atoms with Crippen LogP contribution in [0.3, 0.4) is 0 Å². The van der Waals surface area contributed by atoms with Crippen LogP contribution in [0.5, 0.6) is 0 Å². The molecule has 1 radical (unpaired) electrons. The van der Waals surface area contributed by atoms with Gasteiger partial charge < -0.3 is 4.74 Å². The number of rotatable bonds is 12. The first-order chi connectivity index (χ1) is 10.7. The molecular formula is C19H29O3. The summed E-state index contributed by atoms with van der Waals surface area (Å²) in [6, 6.07) is 8.67. The molecule has 1 aromatic rings. The molecule has 0 aromatic heterocycles. The SMILES string of the molecule is CCCCCCCCCCCC([O])OC(=O)c1ccccc1. The molecule has 0 aliphatic rings. The Hall–Kier alpha value is -1.35. The fraction of sp³-hybridized carbons (Fsp3) is 0.632. The molecule has 0 spiro atoms. The maximum atomic E-state index is 11.7. The van der Waals surface area contributed by atoms with Crippen molar-refractivity contribution in [3.8, 4) is 0 Å². The smallest absolute Gasteiger partial charge is 0.340 e. The summed E-state index contributed by atoms with van der Waals surface area (Å²) in [4.78, 5) is 11.7. The lowest BCUT2D eigenvalue weighted by atomic mass is 10.1. The number of carbonyl (C=O) groups excluding carboxylic acids is 1. The molecule has 0 bridgehead atoms. The highest BCUT2D eigenvalue weighted by Crippen LogP contribution is 2.12. The van der Waals surface area contributed by atoms with E-state index < -0.39 is 12.3 Å². The fourth-order valence-corrected chi connectivity index (χ4v) is 2.44. The van der Waals surface area contributed by atoms with E-state index >= 15 is 0 Å². The number of ether oxygens (including phenoxy) is 1. The molecule has 123 valence electrons. The molecule has 1 unspecified atom stereocenters. The van der Waals surface area contributed by atoms with Crippen molar-refractivity contribution in [3.63, 3.8) is 0 Å². The van der Waals surface area contributed by atoms with Gasteiger partial charge in [0.2, 0.25) is 6.29 Å². The molecule has 0 saturated carbocycles. The Bertz CT molecular complexity index is 389. The Balaban J connectivity index is 1.99. The zero-order valence-corrected chi connectivity index (χ0v) is 13.8. The van der Waals surface area contributed by atoms with Gasteiger partial charge in [0.1, 0.15) is 0 Å². The first-order valence-electron chi connectivity index (χ1n) is 8.66. The minimum Gasteiger partial charge on any atom is -0.429 e. The molecule has 0 heterocycles. The Morgan fingerprint density at radius 1 is 0.909 bits per heavy atom. The molecule has 1 aromatic carbocycles. The van der Waals surface area contributed by atoms with Crippen molar-refractivity contribution in [2.24, 2.45) is 0 Å². The number of benzene rings is 1. The third-order valence-corrected chi connectivity index (χ3v) is 3.79. The van der Waals surface area contributed by atoms with Crippen molar-refractivity contribution in [1.29, 1.82) is 0 Å². The fourth-order valence-electron chi connectivity index (χ4n) is 2.44. The van der Waals surface area contributed by atoms with Crippen LogP contribution in [0.4, 0.5) is 0 Å². The van der Waals surface area contributed by atoms with Gasteiger partial charge in [-0.3, -0.25) is 0 Å². The Kier molecular flexibility index (Phi) is 10.4. The van der Waals surface area contributed by atoms with Gasteiger partial charge >= 0.3 is 5.97 Å². The van der Waals surface area contributed by atoms with Crippen LogP contribution in [0.1, 0.15) is 81.5 Å². The van der Waals surface area contributed by atoms with E-state index in [9.17, 15) is 9.90 Å². The summed E-state index contributed by atoms with van der Waals surface area (Å²) in [6.07, 6.45) is 10.1. The maximum absolute atomic E-state index is 11.7. The van der Waals surface area contributed by atoms with E-state index in [0.29, 0.717) is 12.0 Å². The van der Waals surface area contributed by atoms with E-state index in [4.69, 9.17) is 4.74 Å². The van der Waals surface area contributed by atoms with Gasteiger partial charge in [-0.05, 0) is 18.6 Å². The molecule has 1 atom stereocenters. The first-order valence-corrected chi connectivity index (χ1v) is 8.66. The van der Waals surface area contributed by atoms with Crippen LogP contribution in [0.15, 0.2) is 30.3 Å². The minimum atomic E-state index is -1.24. The lowest BCUT2D eigenvalue weighted by Gasteiger charge is -2.10. The van der Waals surface area contributed by atoms with E-state index in [0.717, 1.165) is 12.8 Å². The molecule has 0 fully saturated rings. The van der Waals surface area contributed by atoms with Crippen molar-refractivity contribution >= 4 is 5.97 Å². The topological polar surface area (TPSA) is 46.2 Å². The molecule has 22 heavy (non-hydrogen) atoms. The monoisotopic (exact) mass is 305 g/mol. The summed E-state index contributed by atoms with van der Waals surface area (Å²) in [5, 5.41) is 11.7. The van der Waals surface area contributed by atoms with E-state index in [2.05, 4.69) is 6.92 Å². The van der Waals surface area contributed by atoms with Gasteiger partial charge in [0.05, 0.1) is 5.56 Å². The lowest BCUT2D eigenvalue weighted by molar-refractivity contribution is -0.109. The van der Waals surface area contributed by atoms with E-state index in [-0.39, 0.29) is 0 Å². The molecular weight excluding hydrogens is 276 g/mol. The highest BCUT2D eigenvalue weighted by atomic mass is 16.6. The highest BCUT2D eigenvalue weighted by molar-refractivity contribution is 5.89. The summed E-state index contributed by atoms with van der Waals surface area (Å²) in [5.74, 6) is -0.517. The van der Waals surface area contributed by atoms with E-state index in [1.165, 1.54) is 44.9 Å². The van der Waals surface area contributed by atoms with Gasteiger partial charge in [0, 0.05) is 6.42 Å². The molecule has 0 aliphatic carbocycles. The summed E-state index contributed by atoms with van der Waals surface area (Å²) < 4.78 is 4.91. The van der Waals surface area contributed by atoms with Crippen LogP contribution in [0.25, 0.3) is 0 Å². The molecule has 0 saturated heterocycles. The van der Waals surface area contributed by atoms with Gasteiger partial charge in [-0.15, -0.1) is 0 Å². The first kappa shape index (κ1) is 18.7. The average molecular weight is 305 g/mol. The van der Waals surface area contributed by atoms with Gasteiger partial charge in [0.15, 0.2) is 0 Å². The number of esters is 1. The second-order valence-electron chi connectivity index (χ2n) is 5.82. The summed E-state index contributed by atoms with van der Waals surface area (Å²) in [6.45, 7) is 2.23. The highest BCUT2D eigenvalue weighted by Gasteiger charge is 2.13. The third-order valence-electron chi connectivity index (χ3n) is 3.79. The van der Waals surface area contributed by atoms with E-state index in [1.807, 2.05) is 6.07 Å². The van der Waals surface area contributed by atoms with Gasteiger partial charge in [-0.1, -0.05) is 76.5 Å². The molecule has 0 N–H and O–H groups in total. The second-order valence-corrected chi connectivity index (χ2v) is 5.82. The van der Waals surface area contributed by atoms with Crippen LogP contribution < -0.4 is 0 Å². The molecule has 0 amide bonds. The molecule has 1 rings (SSSR count). The van der Waals surface area contributed by atoms with Gasteiger partial charge in [-0.25, -0.2) is 4.79 Å². The van der Waals surface area contributed by atoms with Crippen LogP contribution in [0, 0.1) is 0 Å². The van der Waals surface area contributed by atoms with Crippen LogP contribution in [-0.4, -0.2) is 12.3 Å². The molecule has 0 aliphatic heterocycles. The standard InChI is InChI=1S/C19H29O3/c1-2-3-4-5-6-7-8-9-13-16-18(20)22-19(21)17-14-11-10-12-15-17/h10-12,14-15,18H,2-9,13,16H2,1H3. The number of hydrogen-bond donors (Lipinski definition) is 0. The van der Waals surface area contributed by atoms with Crippen molar-refractivity contribution in [2.75, 3.05) is 0 Å². The van der Waals surface area contributed by atoms with Crippen molar-refractivity contribution in [2.45, 2.75) is 77.4 Å². The van der Waals surface area contributed by atoms with Crippen molar-refractivity contribution in [1.82, 2.24) is 0 Å². The largest absolute Gasteiger partial charge is 0.429 e. The predicted octanol–water partition coefficient (Wildman–Crippen LogP) is 5.52. The normalized spacial score (nSPS) is 12.1. The lowest BCUT2D eigenvalue weighted by Crippen LogP contribution is -2.16. The van der Waals surface area contributed by atoms with Crippen LogP contribution >= 0.6 is 0 Å². The van der Waals surface area contributed by atoms with Gasteiger partial charge in [-0.2, -0.15) is 5.11 Å². The minimum absolute atomic E-state index is 0.411. The van der Waals surface area contributed by atoms with Crippen molar-refractivity contribution < 1.29 is 14.6 Å². The van der Waals surface area contributed by atoms with Gasteiger partial charge in [0.25, 0.3) is 0 Å². The average Bonchev–Trinajstić information content (AvgIpc) is 2.54. The Morgan fingerprint density at radius 3 is 2.05 bits per heavy atom. The molecule has 3 nitrogen and oxygen atoms in total. The van der Waals surface area contributed by atoms with Crippen LogP contribution in [0.2, 0.25) is 0 Å². The molecule has 3 heteroatoms. The zero-order valence-electron chi connectivity index (χ0n) is 13.8. The number of hydrogen-bond acceptors (Lipinski definition) is 2. The second kappa shape index (κ2) is 12.2. The summed E-state index contributed by atoms with van der Waals surface area (Å²) >= 11 is 0. The van der Waals surface area contributed by atoms with Crippen LogP contribution in [-0.2, 0) is 9.84 Å². The van der Waals surface area contributed by atoms with Crippen molar-refractivity contribution in [3.05, 3.63) is 35.9 Å². The van der Waals surface area contributed by atoms with E-state index in [1.54, 1.807) is 24.3 Å². The maximum Gasteiger partial charge on any atom is 0.340 e. The quantitative estimate of drug-likeness (QED) is 0.290. The Morgan fingerprint density at radius 2 is 1.45 bits per heavy atom. The Labute approximate surface area is 134 Å². The predicted molar refractivity (Wildman–Crippen MR) is 88.2 cm³/mol.